The minimum absolute atomic E-state index is 0.0163. The molecule has 3 aromatic heterocycles. The fourth-order valence-electron chi connectivity index (χ4n) is 2.74. The Hall–Kier alpha value is -2.32. The number of carbonyl (C=O) groups is 1. The number of hydrogen-bond acceptors (Lipinski definition) is 4. The molecular formula is C17H13F2N3OS2. The third-order valence-corrected chi connectivity index (χ3v) is 5.69. The smallest absolute Gasteiger partial charge is 0.261 e. The van der Waals surface area contributed by atoms with E-state index in [1.165, 1.54) is 40.9 Å². The van der Waals surface area contributed by atoms with Crippen LogP contribution in [0.3, 0.4) is 0 Å². The number of imidazole rings is 1. The summed E-state index contributed by atoms with van der Waals surface area (Å²) in [5.41, 5.74) is 0.872. The summed E-state index contributed by atoms with van der Waals surface area (Å²) in [6, 6.07) is 5.14. The molecule has 1 amide bonds. The molecule has 0 bridgehead atoms. The number of rotatable bonds is 4. The van der Waals surface area contributed by atoms with E-state index in [0.29, 0.717) is 4.88 Å². The molecule has 3 heterocycles. The van der Waals surface area contributed by atoms with Gasteiger partial charge in [0.1, 0.15) is 16.5 Å². The highest BCUT2D eigenvalue weighted by Gasteiger charge is 2.18. The predicted octanol–water partition coefficient (Wildman–Crippen LogP) is 4.25. The number of carbonyl (C=O) groups excluding carboxylic acids is 1. The van der Waals surface area contributed by atoms with Gasteiger partial charge in [0.05, 0.1) is 10.4 Å². The average Bonchev–Trinajstić information content (AvgIpc) is 3.22. The zero-order valence-corrected chi connectivity index (χ0v) is 14.8. The number of benzene rings is 1. The summed E-state index contributed by atoms with van der Waals surface area (Å²) in [6.45, 7) is 1.72. The fourth-order valence-corrected chi connectivity index (χ4v) is 4.44. The van der Waals surface area contributed by atoms with Crippen LogP contribution in [0.2, 0.25) is 0 Å². The van der Waals surface area contributed by atoms with Gasteiger partial charge in [-0.3, -0.25) is 9.20 Å². The zero-order valence-electron chi connectivity index (χ0n) is 13.1. The van der Waals surface area contributed by atoms with Crippen LogP contribution in [-0.4, -0.2) is 21.3 Å². The van der Waals surface area contributed by atoms with E-state index in [0.717, 1.165) is 15.3 Å². The topological polar surface area (TPSA) is 46.4 Å². The third kappa shape index (κ3) is 2.91. The molecule has 1 atom stereocenters. The van der Waals surface area contributed by atoms with E-state index in [2.05, 4.69) is 10.3 Å². The number of amides is 1. The quantitative estimate of drug-likeness (QED) is 0.578. The molecule has 25 heavy (non-hydrogen) atoms. The molecule has 4 rings (SSSR count). The van der Waals surface area contributed by atoms with Gasteiger partial charge in [-0.15, -0.1) is 22.7 Å². The molecule has 0 radical (unpaired) electrons. The monoisotopic (exact) mass is 377 g/mol. The van der Waals surface area contributed by atoms with Gasteiger partial charge in [0.15, 0.2) is 4.96 Å². The van der Waals surface area contributed by atoms with E-state index in [-0.39, 0.29) is 17.9 Å². The number of hydrogen-bond donors (Lipinski definition) is 1. The summed E-state index contributed by atoms with van der Waals surface area (Å²) in [7, 11) is 0. The lowest BCUT2D eigenvalue weighted by Crippen LogP contribution is -2.34. The Kier molecular flexibility index (Phi) is 4.01. The lowest BCUT2D eigenvalue weighted by atomic mass is 10.1. The molecule has 0 spiro atoms. The molecule has 128 valence electrons. The molecule has 0 saturated carbocycles. The highest BCUT2D eigenvalue weighted by Crippen LogP contribution is 2.28. The van der Waals surface area contributed by atoms with Gasteiger partial charge in [0.2, 0.25) is 0 Å². The Bertz CT molecular complexity index is 1060. The minimum atomic E-state index is -0.601. The first-order valence-electron chi connectivity index (χ1n) is 7.62. The molecule has 1 aromatic carbocycles. The van der Waals surface area contributed by atoms with E-state index in [1.54, 1.807) is 13.0 Å². The maximum atomic E-state index is 13.7. The van der Waals surface area contributed by atoms with Crippen molar-refractivity contribution >= 4 is 43.9 Å². The van der Waals surface area contributed by atoms with Crippen molar-refractivity contribution in [2.24, 2.45) is 0 Å². The van der Waals surface area contributed by atoms with E-state index in [1.807, 2.05) is 16.0 Å². The molecule has 0 aliphatic rings. The van der Waals surface area contributed by atoms with Crippen molar-refractivity contribution in [2.75, 3.05) is 0 Å². The summed E-state index contributed by atoms with van der Waals surface area (Å²) in [4.78, 5) is 19.1. The number of thiophene rings is 1. The van der Waals surface area contributed by atoms with Crippen molar-refractivity contribution in [1.82, 2.24) is 14.7 Å². The van der Waals surface area contributed by atoms with Crippen molar-refractivity contribution in [3.05, 3.63) is 57.9 Å². The first kappa shape index (κ1) is 16.2. The standard InChI is InChI=1S/C17H13F2N3OS2/c1-9(7-10-11(18)3-2-4-12(10)19)20-15(23)14-8-13-16(25-14)21-17-22(13)5-6-24-17/h2-6,8-9H,7H2,1H3,(H,20,23)/t9-/m1/s1. The van der Waals surface area contributed by atoms with Crippen molar-refractivity contribution in [3.63, 3.8) is 0 Å². The second-order valence-electron chi connectivity index (χ2n) is 5.75. The molecule has 0 fully saturated rings. The summed E-state index contributed by atoms with van der Waals surface area (Å²) >= 11 is 2.84. The number of halogens is 2. The lowest BCUT2D eigenvalue weighted by Gasteiger charge is -2.14. The van der Waals surface area contributed by atoms with Crippen LogP contribution >= 0.6 is 22.7 Å². The Morgan fingerprint density at radius 3 is 2.88 bits per heavy atom. The normalized spacial score (nSPS) is 12.8. The van der Waals surface area contributed by atoms with Crippen LogP contribution in [0.1, 0.15) is 22.2 Å². The Morgan fingerprint density at radius 1 is 1.36 bits per heavy atom. The fraction of sp³-hybridized carbons (Fsp3) is 0.176. The second kappa shape index (κ2) is 6.20. The van der Waals surface area contributed by atoms with Gasteiger partial charge in [0, 0.05) is 23.2 Å². The predicted molar refractivity (Wildman–Crippen MR) is 95.4 cm³/mol. The molecule has 4 aromatic rings. The average molecular weight is 377 g/mol. The van der Waals surface area contributed by atoms with Crippen LogP contribution in [0.15, 0.2) is 35.8 Å². The lowest BCUT2D eigenvalue weighted by molar-refractivity contribution is 0.0944. The van der Waals surface area contributed by atoms with Crippen LogP contribution < -0.4 is 5.32 Å². The van der Waals surface area contributed by atoms with Gasteiger partial charge in [-0.05, 0) is 31.5 Å². The molecular weight excluding hydrogens is 364 g/mol. The van der Waals surface area contributed by atoms with E-state index < -0.39 is 17.7 Å². The van der Waals surface area contributed by atoms with Crippen LogP contribution in [-0.2, 0) is 6.42 Å². The molecule has 0 aliphatic heterocycles. The number of thiazole rings is 1. The molecule has 0 aliphatic carbocycles. The van der Waals surface area contributed by atoms with Gasteiger partial charge in [-0.25, -0.2) is 13.8 Å². The molecule has 0 saturated heterocycles. The van der Waals surface area contributed by atoms with Gasteiger partial charge in [-0.1, -0.05) is 6.07 Å². The number of fused-ring (bicyclic) bond motifs is 3. The van der Waals surface area contributed by atoms with E-state index >= 15 is 0 Å². The Morgan fingerprint density at radius 2 is 2.12 bits per heavy atom. The van der Waals surface area contributed by atoms with Crippen LogP contribution in [0, 0.1) is 11.6 Å². The van der Waals surface area contributed by atoms with Crippen LogP contribution in [0.5, 0.6) is 0 Å². The van der Waals surface area contributed by atoms with Crippen LogP contribution in [0.4, 0.5) is 8.78 Å². The Labute approximate surface area is 149 Å². The summed E-state index contributed by atoms with van der Waals surface area (Å²) in [5.74, 6) is -1.47. The third-order valence-electron chi connectivity index (χ3n) is 3.91. The van der Waals surface area contributed by atoms with Crippen LogP contribution in [0.25, 0.3) is 15.3 Å². The molecule has 1 N–H and O–H groups in total. The maximum absolute atomic E-state index is 13.7. The van der Waals surface area contributed by atoms with Gasteiger partial charge >= 0.3 is 0 Å². The number of nitrogens with zero attached hydrogens (tertiary/aromatic N) is 2. The first-order valence-corrected chi connectivity index (χ1v) is 9.31. The van der Waals surface area contributed by atoms with E-state index in [4.69, 9.17) is 0 Å². The minimum Gasteiger partial charge on any atom is -0.349 e. The maximum Gasteiger partial charge on any atom is 0.261 e. The second-order valence-corrected chi connectivity index (χ2v) is 7.65. The van der Waals surface area contributed by atoms with Crippen molar-refractivity contribution in [3.8, 4) is 0 Å². The van der Waals surface area contributed by atoms with Crippen molar-refractivity contribution < 1.29 is 13.6 Å². The highest BCUT2D eigenvalue weighted by atomic mass is 32.1. The van der Waals surface area contributed by atoms with Gasteiger partial charge in [-0.2, -0.15) is 0 Å². The zero-order chi connectivity index (χ0) is 17.6. The number of nitrogens with one attached hydrogen (secondary N) is 1. The highest BCUT2D eigenvalue weighted by molar-refractivity contribution is 7.21. The SMILES string of the molecule is C[C@H](Cc1c(F)cccc1F)NC(=O)c1cc2c(nc3sccn32)s1. The molecule has 4 nitrogen and oxygen atoms in total. The molecule has 8 heteroatoms. The van der Waals surface area contributed by atoms with Gasteiger partial charge in [0.25, 0.3) is 5.91 Å². The summed E-state index contributed by atoms with van der Waals surface area (Å²) in [5, 5.41) is 4.73. The molecule has 0 unspecified atom stereocenters. The van der Waals surface area contributed by atoms with Gasteiger partial charge < -0.3 is 5.32 Å². The summed E-state index contributed by atoms with van der Waals surface area (Å²) < 4.78 is 29.4. The van der Waals surface area contributed by atoms with Crippen molar-refractivity contribution in [1.29, 1.82) is 0 Å². The van der Waals surface area contributed by atoms with Crippen molar-refractivity contribution in [2.45, 2.75) is 19.4 Å². The van der Waals surface area contributed by atoms with E-state index in [9.17, 15) is 13.6 Å². The summed E-state index contributed by atoms with van der Waals surface area (Å²) in [6.07, 6.45) is 2.00. The largest absolute Gasteiger partial charge is 0.349 e. The Balaban J connectivity index is 1.52. The number of aromatic nitrogens is 2. The first-order chi connectivity index (χ1) is 12.0.